The molecule has 0 heterocycles. The summed E-state index contributed by atoms with van der Waals surface area (Å²) in [5.74, 6) is -1.32. The Bertz CT molecular complexity index is 396. The van der Waals surface area contributed by atoms with Gasteiger partial charge in [-0.1, -0.05) is 13.3 Å². The normalized spacial score (nSPS) is 10.3. The molecule has 0 radical (unpaired) electrons. The zero-order valence-electron chi connectivity index (χ0n) is 8.74. The van der Waals surface area contributed by atoms with Gasteiger partial charge in [0, 0.05) is 11.6 Å². The lowest BCUT2D eigenvalue weighted by Gasteiger charge is -2.11. The molecule has 0 aliphatic heterocycles. The Kier molecular flexibility index (Phi) is 3.19. The largest absolute Gasteiger partial charge is 0.507 e. The van der Waals surface area contributed by atoms with Crippen molar-refractivity contribution in [2.24, 2.45) is 0 Å². The lowest BCUT2D eigenvalue weighted by molar-refractivity contribution is 0.101. The fourth-order valence-electron chi connectivity index (χ4n) is 1.53. The molecular formula is C11H14O4. The number of carbonyl (C=O) groups is 1. The van der Waals surface area contributed by atoms with E-state index in [1.807, 2.05) is 6.92 Å². The first kappa shape index (κ1) is 11.4. The van der Waals surface area contributed by atoms with E-state index >= 15 is 0 Å². The second-order valence-corrected chi connectivity index (χ2v) is 3.42. The van der Waals surface area contributed by atoms with Crippen LogP contribution in [0.1, 0.15) is 36.2 Å². The van der Waals surface area contributed by atoms with Crippen LogP contribution in [0.3, 0.4) is 0 Å². The Morgan fingerprint density at radius 2 is 1.87 bits per heavy atom. The van der Waals surface area contributed by atoms with E-state index in [1.165, 1.54) is 6.92 Å². The topological polar surface area (TPSA) is 77.8 Å². The van der Waals surface area contributed by atoms with Crippen molar-refractivity contribution in [2.45, 2.75) is 26.7 Å². The second kappa shape index (κ2) is 4.21. The molecule has 0 saturated heterocycles. The number of rotatable bonds is 3. The van der Waals surface area contributed by atoms with Gasteiger partial charge in [-0.3, -0.25) is 4.79 Å². The number of phenols is 3. The molecule has 1 aromatic rings. The number of phenolic OH excluding ortho intramolecular Hbond substituents is 3. The van der Waals surface area contributed by atoms with Gasteiger partial charge in [0.25, 0.3) is 0 Å². The predicted molar refractivity (Wildman–Crippen MR) is 55.4 cm³/mol. The molecule has 0 fully saturated rings. The van der Waals surface area contributed by atoms with Gasteiger partial charge in [0.15, 0.2) is 5.78 Å². The molecule has 0 amide bonds. The summed E-state index contributed by atoms with van der Waals surface area (Å²) in [6, 6.07) is 1.08. The lowest BCUT2D eigenvalue weighted by Crippen LogP contribution is -1.97. The van der Waals surface area contributed by atoms with Crippen molar-refractivity contribution in [3.8, 4) is 17.2 Å². The molecule has 0 unspecified atom stereocenters. The SMILES string of the molecule is CCCc1c(O)cc(O)c(C(C)=O)c1O. The Hall–Kier alpha value is -1.71. The number of Topliss-reactive ketones (excluding diaryl/α,β-unsaturated/α-hetero) is 1. The zero-order valence-corrected chi connectivity index (χ0v) is 8.74. The highest BCUT2D eigenvalue weighted by molar-refractivity contribution is 6.00. The quantitative estimate of drug-likeness (QED) is 0.666. The maximum atomic E-state index is 11.2. The minimum Gasteiger partial charge on any atom is -0.507 e. The van der Waals surface area contributed by atoms with Gasteiger partial charge in [-0.2, -0.15) is 0 Å². The molecule has 0 aromatic heterocycles. The van der Waals surface area contributed by atoms with Gasteiger partial charge >= 0.3 is 0 Å². The van der Waals surface area contributed by atoms with Crippen LogP contribution in [0.2, 0.25) is 0 Å². The third-order valence-electron chi connectivity index (χ3n) is 2.21. The molecule has 1 rings (SSSR count). The van der Waals surface area contributed by atoms with Crippen LogP contribution < -0.4 is 0 Å². The van der Waals surface area contributed by atoms with Crippen LogP contribution in [-0.4, -0.2) is 21.1 Å². The van der Waals surface area contributed by atoms with Crippen LogP contribution in [0, 0.1) is 0 Å². The van der Waals surface area contributed by atoms with Crippen LogP contribution in [0.5, 0.6) is 17.2 Å². The summed E-state index contributed by atoms with van der Waals surface area (Å²) in [6.07, 6.45) is 1.18. The number of aromatic hydroxyl groups is 3. The van der Waals surface area contributed by atoms with Crippen molar-refractivity contribution >= 4 is 5.78 Å². The van der Waals surface area contributed by atoms with E-state index in [1.54, 1.807) is 0 Å². The van der Waals surface area contributed by atoms with Gasteiger partial charge in [0.2, 0.25) is 0 Å². The first-order valence-electron chi connectivity index (χ1n) is 4.76. The van der Waals surface area contributed by atoms with E-state index in [0.717, 1.165) is 12.5 Å². The summed E-state index contributed by atoms with van der Waals surface area (Å²) in [5, 5.41) is 28.6. The van der Waals surface area contributed by atoms with Crippen molar-refractivity contribution in [3.05, 3.63) is 17.2 Å². The summed E-state index contributed by atoms with van der Waals surface area (Å²) < 4.78 is 0. The second-order valence-electron chi connectivity index (χ2n) is 3.42. The van der Waals surface area contributed by atoms with Crippen LogP contribution in [0.4, 0.5) is 0 Å². The Morgan fingerprint density at radius 3 is 2.33 bits per heavy atom. The summed E-state index contributed by atoms with van der Waals surface area (Å²) in [5.41, 5.74) is 0.178. The van der Waals surface area contributed by atoms with Gasteiger partial charge in [0.1, 0.15) is 22.8 Å². The Balaban J connectivity index is 3.42. The van der Waals surface area contributed by atoms with E-state index < -0.39 is 11.5 Å². The molecule has 0 saturated carbocycles. The maximum Gasteiger partial charge on any atom is 0.167 e. The van der Waals surface area contributed by atoms with Crippen molar-refractivity contribution < 1.29 is 20.1 Å². The van der Waals surface area contributed by atoms with Crippen molar-refractivity contribution in [3.63, 3.8) is 0 Å². The van der Waals surface area contributed by atoms with E-state index in [-0.39, 0.29) is 17.1 Å². The highest BCUT2D eigenvalue weighted by Crippen LogP contribution is 2.38. The molecular weight excluding hydrogens is 196 g/mol. The van der Waals surface area contributed by atoms with Crippen LogP contribution >= 0.6 is 0 Å². The average molecular weight is 210 g/mol. The van der Waals surface area contributed by atoms with Crippen molar-refractivity contribution in [1.29, 1.82) is 0 Å². The molecule has 4 nitrogen and oxygen atoms in total. The van der Waals surface area contributed by atoms with E-state index in [4.69, 9.17) is 0 Å². The summed E-state index contributed by atoms with van der Waals surface area (Å²) in [6.45, 7) is 3.14. The monoisotopic (exact) mass is 210 g/mol. The number of hydrogen-bond donors (Lipinski definition) is 3. The molecule has 0 spiro atoms. The first-order valence-corrected chi connectivity index (χ1v) is 4.76. The highest BCUT2D eigenvalue weighted by atomic mass is 16.3. The molecule has 0 aliphatic carbocycles. The van der Waals surface area contributed by atoms with Gasteiger partial charge in [-0.25, -0.2) is 0 Å². The standard InChI is InChI=1S/C11H14O4/c1-3-4-7-8(13)5-9(14)10(6(2)12)11(7)15/h5,13-15H,3-4H2,1-2H3. The smallest absolute Gasteiger partial charge is 0.167 e. The van der Waals surface area contributed by atoms with Gasteiger partial charge < -0.3 is 15.3 Å². The first-order chi connectivity index (χ1) is 6.99. The van der Waals surface area contributed by atoms with Crippen molar-refractivity contribution in [1.82, 2.24) is 0 Å². The summed E-state index contributed by atoms with van der Waals surface area (Å²) >= 11 is 0. The minimum atomic E-state index is -0.428. The minimum absolute atomic E-state index is 0.128. The van der Waals surface area contributed by atoms with Crippen LogP contribution in [0.15, 0.2) is 6.07 Å². The molecule has 0 atom stereocenters. The van der Waals surface area contributed by atoms with Crippen molar-refractivity contribution in [2.75, 3.05) is 0 Å². The molecule has 15 heavy (non-hydrogen) atoms. The molecule has 82 valence electrons. The van der Waals surface area contributed by atoms with E-state index in [2.05, 4.69) is 0 Å². The summed E-state index contributed by atoms with van der Waals surface area (Å²) in [7, 11) is 0. The maximum absolute atomic E-state index is 11.2. The fraction of sp³-hybridized carbons (Fsp3) is 0.364. The number of hydrogen-bond acceptors (Lipinski definition) is 4. The highest BCUT2D eigenvalue weighted by Gasteiger charge is 2.19. The van der Waals surface area contributed by atoms with E-state index in [9.17, 15) is 20.1 Å². The Labute approximate surface area is 87.8 Å². The zero-order chi connectivity index (χ0) is 11.6. The van der Waals surface area contributed by atoms with Gasteiger partial charge in [-0.05, 0) is 13.3 Å². The number of carbonyl (C=O) groups excluding carboxylic acids is 1. The average Bonchev–Trinajstić information content (AvgIpc) is 2.11. The van der Waals surface area contributed by atoms with E-state index in [0.29, 0.717) is 12.0 Å². The van der Waals surface area contributed by atoms with Crippen LogP contribution in [0.25, 0.3) is 0 Å². The predicted octanol–water partition coefficient (Wildman–Crippen LogP) is 1.96. The third-order valence-corrected chi connectivity index (χ3v) is 2.21. The number of benzene rings is 1. The molecule has 0 aliphatic rings. The molecule has 4 heteroatoms. The molecule has 0 bridgehead atoms. The van der Waals surface area contributed by atoms with Gasteiger partial charge in [-0.15, -0.1) is 0 Å². The fourth-order valence-corrected chi connectivity index (χ4v) is 1.53. The molecule has 1 aromatic carbocycles. The lowest BCUT2D eigenvalue weighted by atomic mass is 10.0. The Morgan fingerprint density at radius 1 is 1.27 bits per heavy atom. The van der Waals surface area contributed by atoms with Crippen LogP contribution in [-0.2, 0) is 6.42 Å². The summed E-state index contributed by atoms with van der Waals surface area (Å²) in [4.78, 5) is 11.2. The third kappa shape index (κ3) is 2.03. The van der Waals surface area contributed by atoms with Gasteiger partial charge in [0.05, 0.1) is 0 Å². The molecule has 3 N–H and O–H groups in total. The number of ketones is 1.